The monoisotopic (exact) mass is 413 g/mol. The molecule has 0 spiro atoms. The molecule has 0 aromatic heterocycles. The van der Waals surface area contributed by atoms with Gasteiger partial charge in [0.15, 0.2) is 0 Å². The van der Waals surface area contributed by atoms with Gasteiger partial charge in [0.1, 0.15) is 0 Å². The molecular formula is C30H39N. The average molecular weight is 414 g/mol. The molecule has 6 unspecified atom stereocenters. The molecule has 0 amide bonds. The largest absolute Gasteiger partial charge is 0.198 e. The van der Waals surface area contributed by atoms with Crippen LogP contribution in [0, 0.1) is 53.3 Å². The van der Waals surface area contributed by atoms with E-state index < -0.39 is 0 Å². The molecule has 0 heterocycles. The zero-order valence-electron chi connectivity index (χ0n) is 20.5. The molecule has 0 saturated heterocycles. The number of nitriles is 1. The van der Waals surface area contributed by atoms with E-state index in [9.17, 15) is 5.26 Å². The summed E-state index contributed by atoms with van der Waals surface area (Å²) in [5.41, 5.74) is 6.54. The summed E-state index contributed by atoms with van der Waals surface area (Å²) >= 11 is 0. The predicted octanol–water partition coefficient (Wildman–Crippen LogP) is 6.24. The van der Waals surface area contributed by atoms with E-state index in [2.05, 4.69) is 72.4 Å². The van der Waals surface area contributed by atoms with Crippen LogP contribution in [0.4, 0.5) is 0 Å². The van der Waals surface area contributed by atoms with Gasteiger partial charge in [0.2, 0.25) is 0 Å². The molecule has 5 rings (SSSR count). The van der Waals surface area contributed by atoms with Gasteiger partial charge in [-0.1, -0.05) is 51.1 Å². The van der Waals surface area contributed by atoms with Crippen molar-refractivity contribution in [3.05, 3.63) is 44.8 Å². The highest BCUT2D eigenvalue weighted by Gasteiger charge is 2.60. The lowest BCUT2D eigenvalue weighted by Crippen LogP contribution is -2.57. The molecule has 3 fully saturated rings. The van der Waals surface area contributed by atoms with Crippen molar-refractivity contribution in [2.75, 3.05) is 0 Å². The fraction of sp³-hybridized carbons (Fsp3) is 0.633. The van der Waals surface area contributed by atoms with Crippen LogP contribution in [0.25, 0.3) is 12.7 Å². The van der Waals surface area contributed by atoms with Crippen LogP contribution in [0.3, 0.4) is 0 Å². The maximum atomic E-state index is 9.92. The summed E-state index contributed by atoms with van der Waals surface area (Å²) < 4.78 is 0. The van der Waals surface area contributed by atoms with Crippen molar-refractivity contribution < 1.29 is 0 Å². The number of benzene rings is 1. The van der Waals surface area contributed by atoms with Crippen LogP contribution in [-0.2, 0) is 5.41 Å². The first-order valence-corrected chi connectivity index (χ1v) is 12.4. The quantitative estimate of drug-likeness (QED) is 0.494. The first kappa shape index (κ1) is 21.1. The Kier molecular flexibility index (Phi) is 4.33. The second-order valence-electron chi connectivity index (χ2n) is 12.5. The molecule has 0 radical (unpaired) electrons. The molecule has 1 nitrogen and oxygen atoms in total. The van der Waals surface area contributed by atoms with Gasteiger partial charge in [-0.2, -0.15) is 5.26 Å². The first-order valence-electron chi connectivity index (χ1n) is 12.4. The molecule has 4 aliphatic rings. The van der Waals surface area contributed by atoms with Gasteiger partial charge >= 0.3 is 0 Å². The van der Waals surface area contributed by atoms with E-state index in [1.165, 1.54) is 59.2 Å². The lowest BCUT2D eigenvalue weighted by molar-refractivity contribution is -0.0904. The zero-order chi connectivity index (χ0) is 22.4. The summed E-state index contributed by atoms with van der Waals surface area (Å²) in [6.07, 6.45) is 13.4. The van der Waals surface area contributed by atoms with Crippen LogP contribution >= 0.6 is 0 Å². The third-order valence-electron chi connectivity index (χ3n) is 10.8. The molecule has 0 bridgehead atoms. The lowest BCUT2D eigenvalue weighted by atomic mass is 9.40. The Morgan fingerprint density at radius 1 is 0.935 bits per heavy atom. The molecule has 164 valence electrons. The van der Waals surface area contributed by atoms with E-state index >= 15 is 0 Å². The molecule has 4 aliphatic carbocycles. The Hall–Kier alpha value is -1.81. The number of hydrogen-bond donors (Lipinski definition) is 0. The maximum absolute atomic E-state index is 9.92. The second kappa shape index (κ2) is 6.37. The summed E-state index contributed by atoms with van der Waals surface area (Å²) in [6.45, 7) is 18.7. The summed E-state index contributed by atoms with van der Waals surface area (Å²) in [5.74, 6) is 1.36. The molecule has 1 aromatic carbocycles. The summed E-state index contributed by atoms with van der Waals surface area (Å²) in [7, 11) is 0. The van der Waals surface area contributed by atoms with E-state index in [-0.39, 0.29) is 16.2 Å². The van der Waals surface area contributed by atoms with Crippen molar-refractivity contribution in [1.82, 2.24) is 0 Å². The van der Waals surface area contributed by atoms with Crippen molar-refractivity contribution in [3.63, 3.8) is 0 Å². The van der Waals surface area contributed by atoms with Crippen LogP contribution < -0.4 is 10.4 Å². The van der Waals surface area contributed by atoms with Gasteiger partial charge < -0.3 is 0 Å². The Bertz CT molecular complexity index is 1150. The van der Waals surface area contributed by atoms with Gasteiger partial charge in [-0.15, -0.1) is 0 Å². The topological polar surface area (TPSA) is 23.8 Å². The predicted molar refractivity (Wildman–Crippen MR) is 130 cm³/mol. The molecular weight excluding hydrogens is 374 g/mol. The van der Waals surface area contributed by atoms with Crippen molar-refractivity contribution in [3.8, 4) is 6.07 Å². The van der Waals surface area contributed by atoms with Crippen LogP contribution in [0.15, 0.2) is 17.7 Å². The van der Waals surface area contributed by atoms with Crippen molar-refractivity contribution in [2.24, 2.45) is 28.1 Å². The molecule has 0 N–H and O–H groups in total. The van der Waals surface area contributed by atoms with Crippen LogP contribution in [0.2, 0.25) is 0 Å². The molecule has 1 aromatic rings. The van der Waals surface area contributed by atoms with E-state index in [4.69, 9.17) is 0 Å². The van der Waals surface area contributed by atoms with Gasteiger partial charge in [-0.05, 0) is 116 Å². The van der Waals surface area contributed by atoms with E-state index in [0.29, 0.717) is 17.3 Å². The Morgan fingerprint density at radius 2 is 1.65 bits per heavy atom. The smallest absolute Gasteiger partial charge is 0.0686 e. The highest BCUT2D eigenvalue weighted by Crippen LogP contribution is 2.68. The fourth-order valence-electron chi connectivity index (χ4n) is 8.36. The Balaban J connectivity index is 1.64. The van der Waals surface area contributed by atoms with E-state index in [1.54, 1.807) is 5.57 Å². The molecule has 3 saturated carbocycles. The number of hydrogen-bond acceptors (Lipinski definition) is 1. The molecule has 6 atom stereocenters. The van der Waals surface area contributed by atoms with Crippen LogP contribution in [-0.4, -0.2) is 0 Å². The highest BCUT2D eigenvalue weighted by atomic mass is 14.6. The number of fused-ring (bicyclic) bond motifs is 7. The average Bonchev–Trinajstić information content (AvgIpc) is 2.73. The fourth-order valence-corrected chi connectivity index (χ4v) is 8.36. The van der Waals surface area contributed by atoms with Gasteiger partial charge in [0.05, 0.1) is 11.5 Å². The maximum Gasteiger partial charge on any atom is 0.0686 e. The number of nitrogens with zero attached hydrogens (tertiary/aromatic N) is 1. The summed E-state index contributed by atoms with van der Waals surface area (Å²) in [4.78, 5) is 0. The minimum Gasteiger partial charge on any atom is -0.198 e. The standard InChI is InChI=1S/C30H39N/c1-19-16-24-22(21(3)20(19)2)8-9-26-29(24,6)11-10-23-25-17-27(4,18-31)12-13-28(25,5)14-15-30(23,26)7/h8-9,16,23,25H,1,10-15,17H2,2-7H3. The Morgan fingerprint density at radius 3 is 2.35 bits per heavy atom. The minimum atomic E-state index is -0.139. The minimum absolute atomic E-state index is 0.112. The third-order valence-corrected chi connectivity index (χ3v) is 10.8. The van der Waals surface area contributed by atoms with Gasteiger partial charge in [0, 0.05) is 5.41 Å². The van der Waals surface area contributed by atoms with Crippen molar-refractivity contribution >= 4 is 12.7 Å². The van der Waals surface area contributed by atoms with Gasteiger partial charge in [-0.3, -0.25) is 0 Å². The number of allylic oxidation sites excluding steroid dienone is 2. The Labute approximate surface area is 188 Å². The molecule has 31 heavy (non-hydrogen) atoms. The van der Waals surface area contributed by atoms with E-state index in [0.717, 1.165) is 12.8 Å². The van der Waals surface area contributed by atoms with Gasteiger partial charge in [0.25, 0.3) is 0 Å². The zero-order valence-corrected chi connectivity index (χ0v) is 20.5. The first-order chi connectivity index (χ1) is 14.5. The SMILES string of the molecule is C=c1cc2c(c(C)c1C)=CC=C1C2(C)CCC2C3CC(C)(C#N)CCC3(C)CCC12C. The van der Waals surface area contributed by atoms with Crippen molar-refractivity contribution in [2.45, 2.75) is 91.9 Å². The summed E-state index contributed by atoms with van der Waals surface area (Å²) in [6, 6.07) is 5.10. The van der Waals surface area contributed by atoms with E-state index in [1.807, 2.05) is 0 Å². The normalized spacial score (nSPS) is 43.3. The molecule has 1 heteroatoms. The second-order valence-corrected chi connectivity index (χ2v) is 12.5. The van der Waals surface area contributed by atoms with Crippen molar-refractivity contribution in [1.29, 1.82) is 5.26 Å². The van der Waals surface area contributed by atoms with Gasteiger partial charge in [-0.25, -0.2) is 0 Å². The van der Waals surface area contributed by atoms with Crippen LogP contribution in [0.1, 0.15) is 89.3 Å². The molecule has 0 aliphatic heterocycles. The third kappa shape index (κ3) is 2.66. The number of rotatable bonds is 0. The van der Waals surface area contributed by atoms with Crippen LogP contribution in [0.5, 0.6) is 0 Å². The lowest BCUT2D eigenvalue weighted by Gasteiger charge is -2.64. The summed E-state index contributed by atoms with van der Waals surface area (Å²) in [5, 5.41) is 12.6. The highest BCUT2D eigenvalue weighted by molar-refractivity contribution is 5.59.